The van der Waals surface area contributed by atoms with Crippen LogP contribution in [0.1, 0.15) is 46.4 Å². The molecule has 1 fully saturated rings. The number of amides is 3. The van der Waals surface area contributed by atoms with Gasteiger partial charge in [-0.15, -0.1) is 0 Å². The minimum absolute atomic E-state index is 0.00152. The van der Waals surface area contributed by atoms with Crippen LogP contribution < -0.4 is 5.32 Å². The van der Waals surface area contributed by atoms with Crippen molar-refractivity contribution in [2.75, 3.05) is 26.8 Å². The minimum Gasteiger partial charge on any atom is -0.383 e. The van der Waals surface area contributed by atoms with Gasteiger partial charge in [-0.25, -0.2) is 0 Å². The molecule has 2 unspecified atom stereocenters. The normalized spacial score (nSPS) is 22.8. The Morgan fingerprint density at radius 1 is 1.16 bits per heavy atom. The molecular formula is C19H24N2O4. The number of benzene rings is 1. The summed E-state index contributed by atoms with van der Waals surface area (Å²) < 4.78 is 4.97. The van der Waals surface area contributed by atoms with Crippen molar-refractivity contribution in [3.63, 3.8) is 0 Å². The molecule has 3 rings (SSSR count). The summed E-state index contributed by atoms with van der Waals surface area (Å²) >= 11 is 0. The molecule has 1 aromatic rings. The van der Waals surface area contributed by atoms with Gasteiger partial charge in [-0.05, 0) is 30.9 Å². The fourth-order valence-corrected chi connectivity index (χ4v) is 3.82. The summed E-state index contributed by atoms with van der Waals surface area (Å²) in [6, 6.07) is 6.90. The Hall–Kier alpha value is -2.21. The zero-order valence-corrected chi connectivity index (χ0v) is 14.5. The van der Waals surface area contributed by atoms with Crippen molar-refractivity contribution >= 4 is 17.7 Å². The van der Waals surface area contributed by atoms with Crippen LogP contribution in [0.3, 0.4) is 0 Å². The van der Waals surface area contributed by atoms with Crippen LogP contribution in [0.15, 0.2) is 24.3 Å². The maximum absolute atomic E-state index is 12.6. The van der Waals surface area contributed by atoms with Crippen LogP contribution >= 0.6 is 0 Å². The Labute approximate surface area is 147 Å². The molecule has 0 bridgehead atoms. The molecule has 6 nitrogen and oxygen atoms in total. The van der Waals surface area contributed by atoms with Gasteiger partial charge in [0.05, 0.1) is 17.7 Å². The number of rotatable bonds is 6. The molecule has 0 spiro atoms. The van der Waals surface area contributed by atoms with E-state index in [2.05, 4.69) is 5.32 Å². The number of hydrogen-bond donors (Lipinski definition) is 1. The number of ether oxygens (including phenoxy) is 1. The van der Waals surface area contributed by atoms with Crippen LogP contribution in [0.4, 0.5) is 0 Å². The summed E-state index contributed by atoms with van der Waals surface area (Å²) in [5, 5.41) is 2.90. The minimum atomic E-state index is -0.246. The second-order valence-corrected chi connectivity index (χ2v) is 6.70. The fraction of sp³-hybridized carbons (Fsp3) is 0.526. The number of fused-ring (bicyclic) bond motifs is 1. The number of carbonyl (C=O) groups excluding carboxylic acids is 3. The van der Waals surface area contributed by atoms with E-state index in [0.717, 1.165) is 25.7 Å². The van der Waals surface area contributed by atoms with Crippen molar-refractivity contribution in [3.05, 3.63) is 35.4 Å². The molecule has 2 atom stereocenters. The molecule has 0 aromatic heterocycles. The van der Waals surface area contributed by atoms with Crippen LogP contribution in [-0.2, 0) is 9.53 Å². The molecule has 134 valence electrons. The van der Waals surface area contributed by atoms with Gasteiger partial charge in [-0.2, -0.15) is 0 Å². The number of nitrogens with zero attached hydrogens (tertiary/aromatic N) is 1. The van der Waals surface area contributed by atoms with E-state index in [9.17, 15) is 14.4 Å². The maximum atomic E-state index is 12.6. The first-order chi connectivity index (χ1) is 12.1. The highest BCUT2D eigenvalue weighted by Gasteiger charge is 2.39. The largest absolute Gasteiger partial charge is 0.383 e. The molecule has 0 saturated heterocycles. The Kier molecular flexibility index (Phi) is 5.48. The highest BCUT2D eigenvalue weighted by Crippen LogP contribution is 2.33. The van der Waals surface area contributed by atoms with Crippen LogP contribution in [0, 0.1) is 11.8 Å². The highest BCUT2D eigenvalue weighted by molar-refractivity contribution is 6.21. The predicted molar refractivity (Wildman–Crippen MR) is 92.1 cm³/mol. The Morgan fingerprint density at radius 3 is 2.44 bits per heavy atom. The van der Waals surface area contributed by atoms with Crippen LogP contribution in [0.2, 0.25) is 0 Å². The van der Waals surface area contributed by atoms with E-state index in [0.29, 0.717) is 30.8 Å². The lowest BCUT2D eigenvalue weighted by Gasteiger charge is -2.32. The zero-order valence-electron chi connectivity index (χ0n) is 14.5. The van der Waals surface area contributed by atoms with Gasteiger partial charge in [-0.3, -0.25) is 19.3 Å². The third-order valence-electron chi connectivity index (χ3n) is 5.15. The molecule has 6 heteroatoms. The first-order valence-corrected chi connectivity index (χ1v) is 8.85. The number of carbonyl (C=O) groups is 3. The molecule has 1 aliphatic heterocycles. The lowest BCUT2D eigenvalue weighted by Crippen LogP contribution is -2.44. The second-order valence-electron chi connectivity index (χ2n) is 6.70. The van der Waals surface area contributed by atoms with E-state index in [-0.39, 0.29) is 29.6 Å². The van der Waals surface area contributed by atoms with Crippen molar-refractivity contribution in [1.29, 1.82) is 0 Å². The van der Waals surface area contributed by atoms with Crippen molar-refractivity contribution in [3.8, 4) is 0 Å². The van der Waals surface area contributed by atoms with E-state index >= 15 is 0 Å². The van der Waals surface area contributed by atoms with Crippen LogP contribution in [0.25, 0.3) is 0 Å². The van der Waals surface area contributed by atoms with E-state index in [1.807, 2.05) is 0 Å². The topological polar surface area (TPSA) is 75.7 Å². The average Bonchev–Trinajstić information content (AvgIpc) is 2.88. The summed E-state index contributed by atoms with van der Waals surface area (Å²) in [4.78, 5) is 38.9. The van der Waals surface area contributed by atoms with Crippen molar-refractivity contribution in [1.82, 2.24) is 10.2 Å². The Balaban J connectivity index is 1.69. The van der Waals surface area contributed by atoms with Gasteiger partial charge in [0.1, 0.15) is 0 Å². The number of imide groups is 1. The summed E-state index contributed by atoms with van der Waals surface area (Å²) in [7, 11) is 1.60. The van der Waals surface area contributed by atoms with E-state index in [4.69, 9.17) is 4.74 Å². The lowest BCUT2D eigenvalue weighted by atomic mass is 9.78. The second kappa shape index (κ2) is 7.78. The van der Waals surface area contributed by atoms with Crippen molar-refractivity contribution in [2.45, 2.75) is 25.7 Å². The lowest BCUT2D eigenvalue weighted by molar-refractivity contribution is -0.128. The van der Waals surface area contributed by atoms with Crippen LogP contribution in [0.5, 0.6) is 0 Å². The van der Waals surface area contributed by atoms with E-state index in [1.165, 1.54) is 4.90 Å². The summed E-state index contributed by atoms with van der Waals surface area (Å²) in [5.41, 5.74) is 0.925. The molecule has 1 aromatic carbocycles. The first kappa shape index (κ1) is 17.6. The first-order valence-electron chi connectivity index (χ1n) is 8.85. The molecule has 25 heavy (non-hydrogen) atoms. The molecule has 2 aliphatic rings. The summed E-state index contributed by atoms with van der Waals surface area (Å²) in [5.74, 6) is -0.638. The molecule has 1 N–H and O–H groups in total. The van der Waals surface area contributed by atoms with Crippen molar-refractivity contribution in [2.24, 2.45) is 11.8 Å². The number of methoxy groups -OCH3 is 1. The standard InChI is InChI=1S/C19H24N2O4/c1-25-11-10-20-17(22)14-7-3-2-6-13(14)12-21-18(23)15-8-4-5-9-16(15)19(21)24/h4-5,8-9,13-14H,2-3,6-7,10-12H2,1H3,(H,20,22). The molecule has 1 saturated carbocycles. The molecular weight excluding hydrogens is 320 g/mol. The van der Waals surface area contributed by atoms with E-state index < -0.39 is 0 Å². The quantitative estimate of drug-likeness (QED) is 0.631. The summed E-state index contributed by atoms with van der Waals surface area (Å²) in [6.07, 6.45) is 3.68. The summed E-state index contributed by atoms with van der Waals surface area (Å²) in [6.45, 7) is 1.27. The van der Waals surface area contributed by atoms with Gasteiger partial charge in [0.25, 0.3) is 11.8 Å². The predicted octanol–water partition coefficient (Wildman–Crippen LogP) is 1.85. The fourth-order valence-electron chi connectivity index (χ4n) is 3.82. The van der Waals surface area contributed by atoms with Crippen molar-refractivity contribution < 1.29 is 19.1 Å². The van der Waals surface area contributed by atoms with E-state index in [1.54, 1.807) is 31.4 Å². The van der Waals surface area contributed by atoms with Crippen LogP contribution in [-0.4, -0.2) is 49.4 Å². The third-order valence-corrected chi connectivity index (χ3v) is 5.15. The number of hydrogen-bond acceptors (Lipinski definition) is 4. The molecule has 0 radical (unpaired) electrons. The SMILES string of the molecule is COCCNC(=O)C1CCCCC1CN1C(=O)c2ccccc2C1=O. The monoisotopic (exact) mass is 344 g/mol. The Bertz CT molecular complexity index is 638. The molecule has 1 aliphatic carbocycles. The van der Waals surface area contributed by atoms with Gasteiger partial charge < -0.3 is 10.1 Å². The molecule has 1 heterocycles. The average molecular weight is 344 g/mol. The highest BCUT2D eigenvalue weighted by atomic mass is 16.5. The molecule has 3 amide bonds. The van der Waals surface area contributed by atoms with Gasteiger partial charge in [0, 0.05) is 26.1 Å². The van der Waals surface area contributed by atoms with Gasteiger partial charge in [0.2, 0.25) is 5.91 Å². The third kappa shape index (κ3) is 3.58. The Morgan fingerprint density at radius 2 is 1.80 bits per heavy atom. The van der Waals surface area contributed by atoms with Gasteiger partial charge >= 0.3 is 0 Å². The smallest absolute Gasteiger partial charge is 0.261 e. The van der Waals surface area contributed by atoms with Gasteiger partial charge in [0.15, 0.2) is 0 Å². The maximum Gasteiger partial charge on any atom is 0.261 e. The zero-order chi connectivity index (χ0) is 17.8. The van der Waals surface area contributed by atoms with Gasteiger partial charge in [-0.1, -0.05) is 25.0 Å². The number of nitrogens with one attached hydrogen (secondary N) is 1.